The maximum Gasteiger partial charge on any atom is 0.230 e. The molecule has 0 fully saturated rings. The van der Waals surface area contributed by atoms with Crippen molar-refractivity contribution in [3.63, 3.8) is 0 Å². The van der Waals surface area contributed by atoms with E-state index in [0.717, 1.165) is 10.6 Å². The van der Waals surface area contributed by atoms with Crippen LogP contribution in [-0.2, 0) is 10.2 Å². The second kappa shape index (κ2) is 7.86. The molecule has 0 bridgehead atoms. The Morgan fingerprint density at radius 2 is 1.83 bits per heavy atom. The molecule has 1 heterocycles. The lowest BCUT2D eigenvalue weighted by Crippen LogP contribution is -2.30. The lowest BCUT2D eigenvalue weighted by molar-refractivity contribution is -0.120. The molecule has 0 radical (unpaired) electrons. The van der Waals surface area contributed by atoms with Gasteiger partial charge in [-0.2, -0.15) is 0 Å². The van der Waals surface area contributed by atoms with E-state index in [1.54, 1.807) is 0 Å². The van der Waals surface area contributed by atoms with Gasteiger partial charge in [-0.05, 0) is 5.56 Å². The van der Waals surface area contributed by atoms with Crippen LogP contribution in [0, 0.1) is 5.92 Å². The van der Waals surface area contributed by atoms with Gasteiger partial charge in [0, 0.05) is 11.5 Å². The lowest BCUT2D eigenvalue weighted by atomic mass is 9.95. The molecule has 1 aromatic carbocycles. The van der Waals surface area contributed by atoms with Crippen LogP contribution in [-0.4, -0.2) is 16.1 Å². The van der Waals surface area contributed by atoms with Gasteiger partial charge in [0.1, 0.15) is 5.01 Å². The fourth-order valence-electron chi connectivity index (χ4n) is 1.92. The molecule has 2 atom stereocenters. The molecule has 2 unspecified atom stereocenters. The third-order valence-corrected chi connectivity index (χ3v) is 4.70. The Bertz CT molecular complexity index is 639. The molecule has 1 amide bonds. The van der Waals surface area contributed by atoms with Gasteiger partial charge < -0.3 is 11.1 Å². The smallest absolute Gasteiger partial charge is 0.230 e. The quantitative estimate of drug-likeness (QED) is 0.880. The van der Waals surface area contributed by atoms with Gasteiger partial charge in [0.2, 0.25) is 11.0 Å². The first kappa shape index (κ1) is 19.5. The molecule has 0 saturated carbocycles. The summed E-state index contributed by atoms with van der Waals surface area (Å²) in [6.07, 6.45) is 0. The van der Waals surface area contributed by atoms with E-state index in [4.69, 9.17) is 5.73 Å². The van der Waals surface area contributed by atoms with Crippen molar-refractivity contribution < 1.29 is 4.79 Å². The third kappa shape index (κ3) is 4.99. The van der Waals surface area contributed by atoms with Crippen molar-refractivity contribution in [1.82, 2.24) is 10.2 Å². The second-order valence-electron chi connectivity index (χ2n) is 6.38. The van der Waals surface area contributed by atoms with E-state index in [1.807, 2.05) is 37.3 Å². The van der Waals surface area contributed by atoms with Gasteiger partial charge in [0.25, 0.3) is 0 Å². The van der Waals surface area contributed by atoms with Crippen molar-refractivity contribution in [1.29, 1.82) is 0 Å². The fourth-order valence-corrected chi connectivity index (χ4v) is 2.73. The van der Waals surface area contributed by atoms with Crippen molar-refractivity contribution in [2.45, 2.75) is 39.2 Å². The zero-order valence-electron chi connectivity index (χ0n) is 13.7. The first-order valence-corrected chi connectivity index (χ1v) is 8.06. The Hall–Kier alpha value is -1.50. The topological polar surface area (TPSA) is 80.9 Å². The van der Waals surface area contributed by atoms with Gasteiger partial charge >= 0.3 is 0 Å². The Balaban J connectivity index is 0.00000264. The molecule has 0 spiro atoms. The van der Waals surface area contributed by atoms with Crippen LogP contribution < -0.4 is 11.1 Å². The maximum atomic E-state index is 12.3. The van der Waals surface area contributed by atoms with Crippen LogP contribution in [0.25, 0.3) is 0 Å². The number of rotatable bonds is 4. The third-order valence-electron chi connectivity index (χ3n) is 3.43. The Morgan fingerprint density at radius 3 is 2.35 bits per heavy atom. The van der Waals surface area contributed by atoms with E-state index in [2.05, 4.69) is 36.3 Å². The number of amides is 1. The number of benzene rings is 1. The highest BCUT2D eigenvalue weighted by Crippen LogP contribution is 2.28. The molecule has 5 nitrogen and oxygen atoms in total. The normalized spacial score (nSPS) is 13.8. The molecule has 0 aliphatic carbocycles. The largest absolute Gasteiger partial charge is 0.323 e. The number of halogens is 1. The van der Waals surface area contributed by atoms with Crippen LogP contribution in [0.5, 0.6) is 0 Å². The maximum absolute atomic E-state index is 12.3. The van der Waals surface area contributed by atoms with Crippen LogP contribution in [0.4, 0.5) is 5.13 Å². The Morgan fingerprint density at radius 1 is 1.22 bits per heavy atom. The van der Waals surface area contributed by atoms with Crippen molar-refractivity contribution in [2.75, 3.05) is 5.32 Å². The summed E-state index contributed by atoms with van der Waals surface area (Å²) in [5.74, 6) is -0.502. The Kier molecular flexibility index (Phi) is 6.68. The average Bonchev–Trinajstić information content (AvgIpc) is 2.95. The van der Waals surface area contributed by atoms with Crippen LogP contribution in [0.1, 0.15) is 44.3 Å². The molecule has 0 aliphatic heterocycles. The summed E-state index contributed by atoms with van der Waals surface area (Å²) in [5.41, 5.74) is 7.04. The molecule has 2 rings (SSSR count). The van der Waals surface area contributed by atoms with Crippen molar-refractivity contribution in [3.05, 3.63) is 40.9 Å². The van der Waals surface area contributed by atoms with E-state index >= 15 is 0 Å². The minimum Gasteiger partial charge on any atom is -0.323 e. The van der Waals surface area contributed by atoms with Crippen LogP contribution in [0.2, 0.25) is 0 Å². The van der Waals surface area contributed by atoms with Crippen LogP contribution in [0.3, 0.4) is 0 Å². The Labute approximate surface area is 147 Å². The van der Waals surface area contributed by atoms with Gasteiger partial charge in [-0.3, -0.25) is 4.79 Å². The average molecular weight is 355 g/mol. The first-order valence-electron chi connectivity index (χ1n) is 7.24. The molecule has 0 aliphatic rings. The van der Waals surface area contributed by atoms with E-state index in [1.165, 1.54) is 11.3 Å². The molecule has 23 heavy (non-hydrogen) atoms. The predicted molar refractivity (Wildman–Crippen MR) is 97.0 cm³/mol. The number of hydrogen-bond donors (Lipinski definition) is 2. The second-order valence-corrected chi connectivity index (χ2v) is 7.35. The van der Waals surface area contributed by atoms with Gasteiger partial charge in [0.15, 0.2) is 0 Å². The van der Waals surface area contributed by atoms with Crippen molar-refractivity contribution in [2.24, 2.45) is 11.7 Å². The minimum atomic E-state index is -0.357. The molecule has 7 heteroatoms. The van der Waals surface area contributed by atoms with E-state index in [9.17, 15) is 4.79 Å². The molecular formula is C16H23ClN4OS. The van der Waals surface area contributed by atoms with Crippen molar-refractivity contribution >= 4 is 34.8 Å². The standard InChI is InChI=1S/C16H22N4OS.ClH/c1-10(12(17)11-8-6-5-7-9-11)13(21)18-15-20-19-14(22-15)16(2,3)4;/h5-10,12H,17H2,1-4H3,(H,18,20,21);1H. The van der Waals surface area contributed by atoms with Gasteiger partial charge in [0.05, 0.1) is 5.92 Å². The molecule has 126 valence electrons. The summed E-state index contributed by atoms with van der Waals surface area (Å²) in [7, 11) is 0. The molecule has 3 N–H and O–H groups in total. The number of nitrogens with zero attached hydrogens (tertiary/aromatic N) is 2. The molecule has 0 saturated heterocycles. The lowest BCUT2D eigenvalue weighted by Gasteiger charge is -2.19. The van der Waals surface area contributed by atoms with Gasteiger partial charge in [-0.25, -0.2) is 0 Å². The van der Waals surface area contributed by atoms with E-state index in [-0.39, 0.29) is 35.7 Å². The summed E-state index contributed by atoms with van der Waals surface area (Å²) < 4.78 is 0. The predicted octanol–water partition coefficient (Wildman–Crippen LogP) is 3.53. The highest BCUT2D eigenvalue weighted by Gasteiger charge is 2.24. The summed E-state index contributed by atoms with van der Waals surface area (Å²) >= 11 is 1.40. The molecule has 2 aromatic rings. The summed E-state index contributed by atoms with van der Waals surface area (Å²) in [5, 5.41) is 12.4. The van der Waals surface area contributed by atoms with Crippen LogP contribution in [0.15, 0.2) is 30.3 Å². The summed E-state index contributed by atoms with van der Waals surface area (Å²) in [6, 6.07) is 9.27. The number of nitrogens with two attached hydrogens (primary N) is 1. The number of carbonyl (C=O) groups is 1. The zero-order chi connectivity index (χ0) is 16.3. The number of carbonyl (C=O) groups excluding carboxylic acids is 1. The fraction of sp³-hybridized carbons (Fsp3) is 0.438. The first-order chi connectivity index (χ1) is 10.3. The van der Waals surface area contributed by atoms with Gasteiger partial charge in [-0.1, -0.05) is 69.4 Å². The highest BCUT2D eigenvalue weighted by molar-refractivity contribution is 7.15. The zero-order valence-corrected chi connectivity index (χ0v) is 15.4. The summed E-state index contributed by atoms with van der Waals surface area (Å²) in [4.78, 5) is 12.3. The SMILES string of the molecule is CC(C(=O)Nc1nnc(C(C)(C)C)s1)C(N)c1ccccc1.Cl. The van der Waals surface area contributed by atoms with E-state index < -0.39 is 0 Å². The number of aromatic nitrogens is 2. The van der Waals surface area contributed by atoms with Crippen molar-refractivity contribution in [3.8, 4) is 0 Å². The van der Waals surface area contributed by atoms with Crippen LogP contribution >= 0.6 is 23.7 Å². The summed E-state index contributed by atoms with van der Waals surface area (Å²) in [6.45, 7) is 8.01. The highest BCUT2D eigenvalue weighted by atomic mass is 35.5. The number of nitrogens with one attached hydrogen (secondary N) is 1. The molecular weight excluding hydrogens is 332 g/mol. The monoisotopic (exact) mass is 354 g/mol. The van der Waals surface area contributed by atoms with E-state index in [0.29, 0.717) is 5.13 Å². The van der Waals surface area contributed by atoms with Gasteiger partial charge in [-0.15, -0.1) is 22.6 Å². The number of hydrogen-bond acceptors (Lipinski definition) is 5. The molecule has 1 aromatic heterocycles. The number of anilines is 1. The minimum absolute atomic E-state index is 0.